The Balaban J connectivity index is 1.70. The van der Waals surface area contributed by atoms with E-state index < -0.39 is 5.54 Å². The van der Waals surface area contributed by atoms with Crippen LogP contribution in [0.5, 0.6) is 0 Å². The Bertz CT molecular complexity index is 950. The minimum absolute atomic E-state index is 0.0400. The van der Waals surface area contributed by atoms with E-state index in [1.807, 2.05) is 35.8 Å². The predicted octanol–water partition coefficient (Wildman–Crippen LogP) is 3.99. The van der Waals surface area contributed by atoms with Crippen molar-refractivity contribution >= 4 is 22.8 Å². The fraction of sp³-hybridized carbons (Fsp3) is 0.625. The number of imidazole rings is 1. The van der Waals surface area contributed by atoms with Gasteiger partial charge in [-0.1, -0.05) is 45.7 Å². The smallest absolute Gasteiger partial charge is 0.290 e. The Hall–Kier alpha value is -2.37. The molecule has 0 unspecified atom stereocenters. The monoisotopic (exact) mass is 410 g/mol. The second-order valence-corrected chi connectivity index (χ2v) is 9.77. The molecule has 6 heteroatoms. The van der Waals surface area contributed by atoms with Crippen molar-refractivity contribution in [1.29, 1.82) is 0 Å². The van der Waals surface area contributed by atoms with Gasteiger partial charge < -0.3 is 14.8 Å². The highest BCUT2D eigenvalue weighted by Gasteiger charge is 2.48. The number of hydrogen-bond acceptors (Lipinski definition) is 3. The number of carbonyl (C=O) groups excluding carboxylic acids is 2. The first kappa shape index (κ1) is 20.9. The number of carbonyl (C=O) groups is 2. The molecular formula is C24H34N4O2. The second kappa shape index (κ2) is 8.05. The summed E-state index contributed by atoms with van der Waals surface area (Å²) in [5, 5.41) is 3.32. The summed E-state index contributed by atoms with van der Waals surface area (Å²) in [4.78, 5) is 33.6. The largest absolute Gasteiger partial charge is 0.351 e. The number of hydrogen-bond donors (Lipinski definition) is 1. The van der Waals surface area contributed by atoms with Crippen LogP contribution in [0.15, 0.2) is 24.3 Å². The van der Waals surface area contributed by atoms with Crippen LogP contribution in [0.4, 0.5) is 0 Å². The molecule has 1 saturated carbocycles. The number of fused-ring (bicyclic) bond motifs is 3. The third kappa shape index (κ3) is 3.61. The van der Waals surface area contributed by atoms with Crippen molar-refractivity contribution in [2.75, 3.05) is 6.54 Å². The Morgan fingerprint density at radius 2 is 2.00 bits per heavy atom. The van der Waals surface area contributed by atoms with Crippen molar-refractivity contribution in [1.82, 2.24) is 19.8 Å². The maximum Gasteiger partial charge on any atom is 0.290 e. The predicted molar refractivity (Wildman–Crippen MR) is 118 cm³/mol. The summed E-state index contributed by atoms with van der Waals surface area (Å²) in [7, 11) is 0. The summed E-state index contributed by atoms with van der Waals surface area (Å²) in [5.41, 5.74) is 0.782. The van der Waals surface area contributed by atoms with Gasteiger partial charge in [-0.2, -0.15) is 0 Å². The van der Waals surface area contributed by atoms with E-state index in [0.717, 1.165) is 36.7 Å². The van der Waals surface area contributed by atoms with E-state index in [-0.39, 0.29) is 17.9 Å². The lowest BCUT2D eigenvalue weighted by Crippen LogP contribution is -2.65. The van der Waals surface area contributed by atoms with E-state index in [1.165, 1.54) is 6.42 Å². The summed E-state index contributed by atoms with van der Waals surface area (Å²) in [6.45, 7) is 9.42. The molecule has 0 bridgehead atoms. The molecule has 2 heterocycles. The van der Waals surface area contributed by atoms with E-state index in [1.54, 1.807) is 4.90 Å². The van der Waals surface area contributed by atoms with Crippen molar-refractivity contribution in [3.8, 4) is 0 Å². The summed E-state index contributed by atoms with van der Waals surface area (Å²) in [5.74, 6) is 1.18. The van der Waals surface area contributed by atoms with Gasteiger partial charge in [-0.15, -0.1) is 0 Å². The number of nitrogens with one attached hydrogen (secondary N) is 1. The molecule has 0 saturated heterocycles. The molecule has 2 aliphatic rings. The average Bonchev–Trinajstić information content (AvgIpc) is 3.08. The minimum atomic E-state index is -0.931. The molecule has 1 N–H and O–H groups in total. The number of nitrogens with zero attached hydrogens (tertiary/aromatic N) is 3. The van der Waals surface area contributed by atoms with Crippen LogP contribution in [0.1, 0.15) is 70.4 Å². The Morgan fingerprint density at radius 1 is 1.27 bits per heavy atom. The lowest BCUT2D eigenvalue weighted by molar-refractivity contribution is -0.134. The third-order valence-electron chi connectivity index (χ3n) is 7.00. The van der Waals surface area contributed by atoms with E-state index in [4.69, 9.17) is 0 Å². The van der Waals surface area contributed by atoms with Gasteiger partial charge in [0.1, 0.15) is 5.54 Å². The molecule has 1 aromatic heterocycles. The Labute approximate surface area is 179 Å². The third-order valence-corrected chi connectivity index (χ3v) is 7.00. The van der Waals surface area contributed by atoms with Gasteiger partial charge in [0.05, 0.1) is 17.6 Å². The maximum absolute atomic E-state index is 13.7. The Kier molecular flexibility index (Phi) is 5.60. The standard InChI is InChI=1S/C24H34N4O2/c1-16(2)13-14-28-22(29)21-25-19-11-7-8-12-20(19)27(21)15-24(28,4)23(30)26-18-10-6-5-9-17(18)3/h7-8,11-12,16-18H,5-6,9-10,13-15H2,1-4H3,(H,26,30)/t17-,18+,24+/m0/s1. The summed E-state index contributed by atoms with van der Waals surface area (Å²) in [6.07, 6.45) is 5.40. The zero-order valence-electron chi connectivity index (χ0n) is 18.6. The average molecular weight is 411 g/mol. The van der Waals surface area contributed by atoms with E-state index in [0.29, 0.717) is 30.7 Å². The number of para-hydroxylation sites is 2. The molecular weight excluding hydrogens is 376 g/mol. The van der Waals surface area contributed by atoms with Gasteiger partial charge in [-0.05, 0) is 50.2 Å². The van der Waals surface area contributed by atoms with Crippen LogP contribution in [-0.2, 0) is 11.3 Å². The number of amides is 2. The van der Waals surface area contributed by atoms with Gasteiger partial charge in [0.15, 0.2) is 5.82 Å². The molecule has 1 fully saturated rings. The molecule has 6 nitrogen and oxygen atoms in total. The highest BCUT2D eigenvalue weighted by molar-refractivity contribution is 6.01. The fourth-order valence-corrected chi connectivity index (χ4v) is 4.92. The fourth-order valence-electron chi connectivity index (χ4n) is 4.92. The normalized spacial score (nSPS) is 26.8. The molecule has 1 aliphatic heterocycles. The number of rotatable bonds is 5. The molecule has 0 spiro atoms. The first-order valence-electron chi connectivity index (χ1n) is 11.4. The lowest BCUT2D eigenvalue weighted by atomic mass is 9.85. The van der Waals surface area contributed by atoms with Gasteiger partial charge in [0, 0.05) is 12.6 Å². The van der Waals surface area contributed by atoms with E-state index in [2.05, 4.69) is 31.1 Å². The molecule has 2 amide bonds. The van der Waals surface area contributed by atoms with Crippen LogP contribution < -0.4 is 5.32 Å². The SMILES string of the molecule is CC(C)CCN1C(=O)c2nc3ccccc3n2C[C@]1(C)C(=O)N[C@@H]1CCCC[C@@H]1C. The van der Waals surface area contributed by atoms with Gasteiger partial charge in [-0.25, -0.2) is 4.98 Å². The molecule has 1 aliphatic carbocycles. The first-order valence-corrected chi connectivity index (χ1v) is 11.4. The quantitative estimate of drug-likeness (QED) is 0.810. The van der Waals surface area contributed by atoms with Crippen LogP contribution in [-0.4, -0.2) is 44.4 Å². The molecule has 4 rings (SSSR count). The van der Waals surface area contributed by atoms with Gasteiger partial charge in [-0.3, -0.25) is 9.59 Å². The van der Waals surface area contributed by atoms with Crippen molar-refractivity contribution in [3.63, 3.8) is 0 Å². The van der Waals surface area contributed by atoms with Crippen LogP contribution in [0.25, 0.3) is 11.0 Å². The molecule has 30 heavy (non-hydrogen) atoms. The first-order chi connectivity index (χ1) is 14.3. The minimum Gasteiger partial charge on any atom is -0.351 e. The molecule has 3 atom stereocenters. The van der Waals surface area contributed by atoms with Gasteiger partial charge >= 0.3 is 0 Å². The number of aromatic nitrogens is 2. The van der Waals surface area contributed by atoms with E-state index in [9.17, 15) is 9.59 Å². The Morgan fingerprint density at radius 3 is 2.73 bits per heavy atom. The molecule has 0 radical (unpaired) electrons. The molecule has 2 aromatic rings. The molecule has 1 aromatic carbocycles. The zero-order valence-corrected chi connectivity index (χ0v) is 18.6. The summed E-state index contributed by atoms with van der Waals surface area (Å²) < 4.78 is 1.94. The van der Waals surface area contributed by atoms with Gasteiger partial charge in [0.2, 0.25) is 5.91 Å². The van der Waals surface area contributed by atoms with Gasteiger partial charge in [0.25, 0.3) is 5.91 Å². The lowest BCUT2D eigenvalue weighted by Gasteiger charge is -2.45. The summed E-state index contributed by atoms with van der Waals surface area (Å²) in [6, 6.07) is 7.97. The van der Waals surface area contributed by atoms with Crippen molar-refractivity contribution in [2.24, 2.45) is 11.8 Å². The topological polar surface area (TPSA) is 67.2 Å². The van der Waals surface area contributed by atoms with Crippen molar-refractivity contribution < 1.29 is 9.59 Å². The highest BCUT2D eigenvalue weighted by Crippen LogP contribution is 2.32. The van der Waals surface area contributed by atoms with Crippen LogP contribution >= 0.6 is 0 Å². The second-order valence-electron chi connectivity index (χ2n) is 9.77. The van der Waals surface area contributed by atoms with Crippen molar-refractivity contribution in [2.45, 2.75) is 77.9 Å². The van der Waals surface area contributed by atoms with Crippen molar-refractivity contribution in [3.05, 3.63) is 30.1 Å². The van der Waals surface area contributed by atoms with Crippen LogP contribution in [0.3, 0.4) is 0 Å². The van der Waals surface area contributed by atoms with E-state index >= 15 is 0 Å². The molecule has 162 valence electrons. The zero-order chi connectivity index (χ0) is 21.5. The van der Waals surface area contributed by atoms with Crippen LogP contribution in [0.2, 0.25) is 0 Å². The summed E-state index contributed by atoms with van der Waals surface area (Å²) >= 11 is 0. The highest BCUT2D eigenvalue weighted by atomic mass is 16.2. The number of benzene rings is 1. The maximum atomic E-state index is 13.7. The van der Waals surface area contributed by atoms with Crippen LogP contribution in [0, 0.1) is 11.8 Å².